The SMILES string of the molecule is C[C@H](N)C(=O)N[C@@H](C)C(=O)N[C@@H](C)C(=O)N[C@@H](C)C(=O)NCC(=O)NCC(=O)NCC(=O)N[C@@H](CCC(=O)O)C(=O)N[C@@H](CCCN=C(N)N)C(=O)NCC(=O)N[C@@H](CC(=O)O)C(=O)O. The summed E-state index contributed by atoms with van der Waals surface area (Å²) in [5.41, 5.74) is 16.0. The molecule has 0 aromatic heterocycles. The molecule has 0 saturated carbocycles. The average Bonchev–Trinajstić information content (AvgIpc) is 3.21. The molecule has 364 valence electrons. The van der Waals surface area contributed by atoms with Crippen LogP contribution in [0.25, 0.3) is 0 Å². The van der Waals surface area contributed by atoms with Crippen LogP contribution < -0.4 is 70.4 Å². The van der Waals surface area contributed by atoms with Gasteiger partial charge in [-0.25, -0.2) is 4.79 Å². The molecule has 0 saturated heterocycles. The van der Waals surface area contributed by atoms with Crippen LogP contribution in [0, 0.1) is 0 Å². The van der Waals surface area contributed by atoms with Crippen LogP contribution in [0.4, 0.5) is 0 Å². The number of rotatable bonds is 30. The van der Waals surface area contributed by atoms with Gasteiger partial charge in [0.1, 0.15) is 36.3 Å². The van der Waals surface area contributed by atoms with E-state index in [9.17, 15) is 67.4 Å². The second-order valence-corrected chi connectivity index (χ2v) is 14.1. The van der Waals surface area contributed by atoms with Crippen LogP contribution in [-0.4, -0.2) is 173 Å². The Labute approximate surface area is 370 Å². The first-order chi connectivity index (χ1) is 30.2. The van der Waals surface area contributed by atoms with Crippen molar-refractivity contribution in [1.82, 2.24) is 53.2 Å². The third-order valence-corrected chi connectivity index (χ3v) is 8.30. The highest BCUT2D eigenvalue weighted by atomic mass is 16.4. The molecular formula is C35H58N14O16. The summed E-state index contributed by atoms with van der Waals surface area (Å²) in [5.74, 6) is -13.7. The van der Waals surface area contributed by atoms with Crippen molar-refractivity contribution in [3.63, 3.8) is 0 Å². The maximum Gasteiger partial charge on any atom is 0.326 e. The first-order valence-electron chi connectivity index (χ1n) is 19.6. The van der Waals surface area contributed by atoms with Gasteiger partial charge in [-0.15, -0.1) is 0 Å². The number of nitrogens with zero attached hydrogens (tertiary/aromatic N) is 1. The van der Waals surface area contributed by atoms with Crippen molar-refractivity contribution >= 4 is 82.9 Å². The zero-order valence-electron chi connectivity index (χ0n) is 35.9. The molecule has 0 aromatic rings. The van der Waals surface area contributed by atoms with E-state index in [2.05, 4.69) is 52.8 Å². The molecular weight excluding hydrogens is 872 g/mol. The molecule has 0 heterocycles. The van der Waals surface area contributed by atoms with Crippen molar-refractivity contribution in [3.8, 4) is 0 Å². The number of carboxylic acids is 3. The molecule has 30 nitrogen and oxygen atoms in total. The predicted octanol–water partition coefficient (Wildman–Crippen LogP) is -8.76. The van der Waals surface area contributed by atoms with E-state index < -0.39 is 165 Å². The normalized spacial score (nSPS) is 13.7. The van der Waals surface area contributed by atoms with Crippen LogP contribution in [-0.2, 0) is 62.3 Å². The molecule has 7 atom stereocenters. The Bertz CT molecular complexity index is 1810. The molecule has 0 aliphatic rings. The fraction of sp³-hybridized carbons (Fsp3) is 0.600. The summed E-state index contributed by atoms with van der Waals surface area (Å²) >= 11 is 0. The maximum atomic E-state index is 13.3. The quantitative estimate of drug-likeness (QED) is 0.0181. The van der Waals surface area contributed by atoms with Gasteiger partial charge in [0.15, 0.2) is 5.96 Å². The Morgan fingerprint density at radius 1 is 0.477 bits per heavy atom. The van der Waals surface area contributed by atoms with E-state index in [1.807, 2.05) is 5.32 Å². The van der Waals surface area contributed by atoms with E-state index >= 15 is 0 Å². The molecule has 0 spiro atoms. The number of hydrogen-bond acceptors (Lipinski definition) is 15. The molecule has 0 aromatic carbocycles. The highest BCUT2D eigenvalue weighted by Gasteiger charge is 2.29. The lowest BCUT2D eigenvalue weighted by molar-refractivity contribution is -0.147. The molecule has 0 radical (unpaired) electrons. The Hall–Kier alpha value is -7.66. The number of hydrogen-bond donors (Lipinski definition) is 16. The molecule has 19 N–H and O–H groups in total. The van der Waals surface area contributed by atoms with E-state index in [4.69, 9.17) is 27.4 Å². The van der Waals surface area contributed by atoms with Gasteiger partial charge in [0.2, 0.25) is 59.1 Å². The van der Waals surface area contributed by atoms with Crippen molar-refractivity contribution in [1.29, 1.82) is 0 Å². The third kappa shape index (κ3) is 25.8. The number of guanidine groups is 1. The molecule has 0 rings (SSSR count). The van der Waals surface area contributed by atoms with Gasteiger partial charge in [0, 0.05) is 13.0 Å². The summed E-state index contributed by atoms with van der Waals surface area (Å²) in [5, 5.41) is 49.4. The number of carbonyl (C=O) groups excluding carboxylic acids is 10. The highest BCUT2D eigenvalue weighted by Crippen LogP contribution is 2.04. The number of amides is 10. The fourth-order valence-electron chi connectivity index (χ4n) is 4.76. The Kier molecular flexibility index (Phi) is 26.1. The van der Waals surface area contributed by atoms with Gasteiger partial charge in [0.05, 0.1) is 38.6 Å². The fourth-order valence-corrected chi connectivity index (χ4v) is 4.76. The van der Waals surface area contributed by atoms with Gasteiger partial charge in [-0.05, 0) is 47.0 Å². The molecule has 0 bridgehead atoms. The number of nitrogens with two attached hydrogens (primary N) is 3. The largest absolute Gasteiger partial charge is 0.481 e. The maximum absolute atomic E-state index is 13.3. The lowest BCUT2D eigenvalue weighted by Gasteiger charge is -2.23. The third-order valence-electron chi connectivity index (χ3n) is 8.30. The lowest BCUT2D eigenvalue weighted by Crippen LogP contribution is -2.56. The standard InChI is InChI=1S/C35H58N14O16/c1-15(36)28(58)44-17(3)30(60)46-18(4)31(61)45-16(2)29(59)42-12-23(51)40-11-22(50)41-13-24(52)47-20(7-8-26(54)55)33(63)49-19(6-5-9-39-35(37)38)32(62)43-14-25(53)48-21(34(64)65)10-27(56)57/h15-21H,5-14,36H2,1-4H3,(H,40,51)(H,41,50)(H,42,59)(H,43,62)(H,44,58)(H,45,61)(H,46,60)(H,47,52)(H,48,53)(H,49,63)(H,54,55)(H,56,57)(H,64,65)(H4,37,38,39)/t15-,16-,17-,18-,19-,20-,21-/m0/s1. The van der Waals surface area contributed by atoms with E-state index in [0.29, 0.717) is 0 Å². The van der Waals surface area contributed by atoms with Crippen molar-refractivity contribution in [2.75, 3.05) is 32.7 Å². The second kappa shape index (κ2) is 29.6. The first kappa shape index (κ1) is 57.3. The number of nitrogens with one attached hydrogen (secondary N) is 10. The second-order valence-electron chi connectivity index (χ2n) is 14.1. The minimum Gasteiger partial charge on any atom is -0.481 e. The van der Waals surface area contributed by atoms with Crippen LogP contribution in [0.5, 0.6) is 0 Å². The van der Waals surface area contributed by atoms with E-state index in [0.717, 1.165) is 0 Å². The molecule has 0 unspecified atom stereocenters. The summed E-state index contributed by atoms with van der Waals surface area (Å²) in [6.45, 7) is 2.33. The summed E-state index contributed by atoms with van der Waals surface area (Å²) < 4.78 is 0. The number of carboxylic acid groups (broad SMARTS) is 3. The lowest BCUT2D eigenvalue weighted by atomic mass is 10.1. The van der Waals surface area contributed by atoms with Gasteiger partial charge in [0.25, 0.3) is 0 Å². The minimum atomic E-state index is -1.83. The molecule has 0 aliphatic carbocycles. The Balaban J connectivity index is 5.26. The molecule has 0 aliphatic heterocycles. The summed E-state index contributed by atoms with van der Waals surface area (Å²) in [6, 6.07) is -9.14. The zero-order valence-corrected chi connectivity index (χ0v) is 35.9. The predicted molar refractivity (Wildman–Crippen MR) is 221 cm³/mol. The monoisotopic (exact) mass is 930 g/mol. The summed E-state index contributed by atoms with van der Waals surface area (Å²) in [6.07, 6.45) is -2.27. The van der Waals surface area contributed by atoms with Gasteiger partial charge in [-0.3, -0.25) is 62.5 Å². The van der Waals surface area contributed by atoms with Crippen molar-refractivity contribution in [2.24, 2.45) is 22.2 Å². The van der Waals surface area contributed by atoms with E-state index in [1.54, 1.807) is 0 Å². The molecule has 30 heteroatoms. The Morgan fingerprint density at radius 2 is 0.908 bits per heavy atom. The zero-order chi connectivity index (χ0) is 50.0. The van der Waals surface area contributed by atoms with Gasteiger partial charge >= 0.3 is 17.9 Å². The molecule has 65 heavy (non-hydrogen) atoms. The first-order valence-corrected chi connectivity index (χ1v) is 19.6. The van der Waals surface area contributed by atoms with Crippen molar-refractivity contribution < 1.29 is 77.6 Å². The van der Waals surface area contributed by atoms with Gasteiger partial charge in [-0.1, -0.05) is 0 Å². The Morgan fingerprint density at radius 3 is 1.38 bits per heavy atom. The van der Waals surface area contributed by atoms with Crippen LogP contribution in [0.15, 0.2) is 4.99 Å². The van der Waals surface area contributed by atoms with Crippen LogP contribution >= 0.6 is 0 Å². The van der Waals surface area contributed by atoms with Crippen LogP contribution in [0.2, 0.25) is 0 Å². The topological polar surface area (TPSA) is 493 Å². The number of aliphatic carboxylic acids is 3. The van der Waals surface area contributed by atoms with Gasteiger partial charge in [-0.2, -0.15) is 0 Å². The summed E-state index contributed by atoms with van der Waals surface area (Å²) in [7, 11) is 0. The number of carbonyl (C=O) groups is 13. The van der Waals surface area contributed by atoms with Crippen molar-refractivity contribution in [3.05, 3.63) is 0 Å². The smallest absolute Gasteiger partial charge is 0.326 e. The average molecular weight is 931 g/mol. The van der Waals surface area contributed by atoms with Crippen LogP contribution in [0.3, 0.4) is 0 Å². The molecule has 10 amide bonds. The van der Waals surface area contributed by atoms with Crippen LogP contribution in [0.1, 0.15) is 59.8 Å². The molecule has 0 fully saturated rings. The van der Waals surface area contributed by atoms with E-state index in [1.165, 1.54) is 27.7 Å². The summed E-state index contributed by atoms with van der Waals surface area (Å²) in [4.78, 5) is 162. The van der Waals surface area contributed by atoms with Crippen molar-refractivity contribution in [2.45, 2.75) is 102 Å². The highest BCUT2D eigenvalue weighted by molar-refractivity contribution is 5.97. The van der Waals surface area contributed by atoms with E-state index in [-0.39, 0.29) is 25.3 Å². The van der Waals surface area contributed by atoms with Gasteiger partial charge < -0.3 is 85.7 Å². The number of aliphatic imine (C=N–C) groups is 1. The minimum absolute atomic E-state index is 0.0333.